The molecule has 1 aromatic carbocycles. The van der Waals surface area contributed by atoms with E-state index in [9.17, 15) is 4.79 Å². The maximum Gasteiger partial charge on any atom is 0.256 e. The second kappa shape index (κ2) is 6.12. The van der Waals surface area contributed by atoms with Crippen LogP contribution in [0.1, 0.15) is 16.1 Å². The summed E-state index contributed by atoms with van der Waals surface area (Å²) in [5.74, 6) is 0.885. The number of rotatable bonds is 2. The van der Waals surface area contributed by atoms with Gasteiger partial charge >= 0.3 is 0 Å². The van der Waals surface area contributed by atoms with Gasteiger partial charge in [-0.2, -0.15) is 8.75 Å². The van der Waals surface area contributed by atoms with E-state index in [-0.39, 0.29) is 5.91 Å². The molecule has 0 saturated carbocycles. The van der Waals surface area contributed by atoms with Gasteiger partial charge < -0.3 is 9.80 Å². The lowest BCUT2D eigenvalue weighted by atomic mass is 10.1. The standard InChI is InChI=1S/C16H16N6OS/c1-11-9-17-10-14(18-11)21-5-7-22(8-6-21)16(23)12-3-2-4-13-15(12)20-24-19-13/h2-4,9-10H,5-8H2,1H3. The largest absolute Gasteiger partial charge is 0.352 e. The van der Waals surface area contributed by atoms with Crippen molar-refractivity contribution in [2.24, 2.45) is 0 Å². The van der Waals surface area contributed by atoms with Crippen LogP contribution in [0, 0.1) is 6.92 Å². The van der Waals surface area contributed by atoms with Gasteiger partial charge in [0.25, 0.3) is 5.91 Å². The third-order valence-electron chi connectivity index (χ3n) is 4.15. The van der Waals surface area contributed by atoms with Gasteiger partial charge in [0.2, 0.25) is 0 Å². The molecule has 3 aromatic rings. The Morgan fingerprint density at radius 1 is 1.12 bits per heavy atom. The normalized spacial score (nSPS) is 15.0. The molecule has 4 rings (SSSR count). The Morgan fingerprint density at radius 3 is 2.75 bits per heavy atom. The van der Waals surface area contributed by atoms with Crippen LogP contribution >= 0.6 is 11.7 Å². The number of nitrogens with zero attached hydrogens (tertiary/aromatic N) is 6. The van der Waals surface area contributed by atoms with E-state index in [4.69, 9.17) is 0 Å². The first-order valence-corrected chi connectivity index (χ1v) is 8.49. The van der Waals surface area contributed by atoms with Crippen LogP contribution < -0.4 is 4.90 Å². The zero-order valence-corrected chi connectivity index (χ0v) is 14.0. The predicted molar refractivity (Wildman–Crippen MR) is 92.3 cm³/mol. The molecule has 24 heavy (non-hydrogen) atoms. The van der Waals surface area contributed by atoms with Crippen LogP contribution in [0.25, 0.3) is 11.0 Å². The van der Waals surface area contributed by atoms with Crippen LogP contribution in [0.15, 0.2) is 30.6 Å². The van der Waals surface area contributed by atoms with Gasteiger partial charge in [-0.25, -0.2) is 4.98 Å². The highest BCUT2D eigenvalue weighted by Crippen LogP contribution is 2.20. The Labute approximate surface area is 143 Å². The lowest BCUT2D eigenvalue weighted by Crippen LogP contribution is -2.49. The summed E-state index contributed by atoms with van der Waals surface area (Å²) in [4.78, 5) is 25.5. The summed E-state index contributed by atoms with van der Waals surface area (Å²) in [6.45, 7) is 4.73. The van der Waals surface area contributed by atoms with Gasteiger partial charge in [-0.3, -0.25) is 9.78 Å². The summed E-state index contributed by atoms with van der Waals surface area (Å²) in [5, 5.41) is 0. The SMILES string of the molecule is Cc1cncc(N2CCN(C(=O)c3cccc4nsnc34)CC2)n1. The van der Waals surface area contributed by atoms with Gasteiger partial charge in [-0.05, 0) is 19.1 Å². The van der Waals surface area contributed by atoms with Crippen molar-refractivity contribution >= 4 is 34.5 Å². The fourth-order valence-corrected chi connectivity index (χ4v) is 3.44. The minimum absolute atomic E-state index is 0.0169. The van der Waals surface area contributed by atoms with Crippen molar-refractivity contribution in [3.63, 3.8) is 0 Å². The van der Waals surface area contributed by atoms with E-state index in [2.05, 4.69) is 23.6 Å². The van der Waals surface area contributed by atoms with Gasteiger partial charge in [-0.1, -0.05) is 6.07 Å². The van der Waals surface area contributed by atoms with E-state index in [1.54, 1.807) is 12.4 Å². The molecule has 0 unspecified atom stereocenters. The third kappa shape index (κ3) is 2.69. The van der Waals surface area contributed by atoms with E-state index >= 15 is 0 Å². The van der Waals surface area contributed by atoms with Crippen LogP contribution in [0.5, 0.6) is 0 Å². The molecule has 0 N–H and O–H groups in total. The Balaban J connectivity index is 1.49. The number of benzene rings is 1. The summed E-state index contributed by atoms with van der Waals surface area (Å²) in [6.07, 6.45) is 3.51. The molecule has 1 saturated heterocycles. The fraction of sp³-hybridized carbons (Fsp3) is 0.312. The second-order valence-corrected chi connectivity index (χ2v) is 6.26. The topological polar surface area (TPSA) is 75.1 Å². The van der Waals surface area contributed by atoms with Crippen molar-refractivity contribution in [1.29, 1.82) is 0 Å². The molecule has 0 bridgehead atoms. The number of hydrogen-bond acceptors (Lipinski definition) is 7. The quantitative estimate of drug-likeness (QED) is 0.707. The third-order valence-corrected chi connectivity index (χ3v) is 4.69. The number of aromatic nitrogens is 4. The molecular weight excluding hydrogens is 324 g/mol. The molecule has 0 radical (unpaired) electrons. The summed E-state index contributed by atoms with van der Waals surface area (Å²) >= 11 is 1.14. The zero-order chi connectivity index (χ0) is 16.5. The Morgan fingerprint density at radius 2 is 1.96 bits per heavy atom. The highest BCUT2D eigenvalue weighted by molar-refractivity contribution is 7.00. The molecule has 1 fully saturated rings. The molecule has 7 nitrogen and oxygen atoms in total. The minimum Gasteiger partial charge on any atom is -0.352 e. The highest BCUT2D eigenvalue weighted by Gasteiger charge is 2.24. The lowest BCUT2D eigenvalue weighted by molar-refractivity contribution is 0.0748. The maximum absolute atomic E-state index is 12.8. The second-order valence-electron chi connectivity index (χ2n) is 5.74. The summed E-state index contributed by atoms with van der Waals surface area (Å²) in [6, 6.07) is 5.56. The van der Waals surface area contributed by atoms with E-state index < -0.39 is 0 Å². The van der Waals surface area contributed by atoms with E-state index in [1.807, 2.05) is 30.0 Å². The van der Waals surface area contributed by atoms with Crippen LogP contribution in [-0.4, -0.2) is 55.7 Å². The first-order chi connectivity index (χ1) is 11.7. The molecular formula is C16H16N6OS. The molecule has 1 aliphatic rings. The molecule has 122 valence electrons. The van der Waals surface area contributed by atoms with Gasteiger partial charge in [0.1, 0.15) is 16.9 Å². The number of aryl methyl sites for hydroxylation is 1. The summed E-state index contributed by atoms with van der Waals surface area (Å²) in [5.41, 5.74) is 3.00. The number of piperazine rings is 1. The van der Waals surface area contributed by atoms with Crippen molar-refractivity contribution in [2.75, 3.05) is 31.1 Å². The minimum atomic E-state index is 0.0169. The number of carbonyl (C=O) groups is 1. The highest BCUT2D eigenvalue weighted by atomic mass is 32.1. The molecule has 0 atom stereocenters. The van der Waals surface area contributed by atoms with Crippen molar-refractivity contribution in [3.05, 3.63) is 41.9 Å². The summed E-state index contributed by atoms with van der Waals surface area (Å²) < 4.78 is 8.46. The molecule has 1 aliphatic heterocycles. The first kappa shape index (κ1) is 14.9. The van der Waals surface area contributed by atoms with E-state index in [0.29, 0.717) is 24.2 Å². The smallest absolute Gasteiger partial charge is 0.256 e. The van der Waals surface area contributed by atoms with Gasteiger partial charge in [-0.15, -0.1) is 0 Å². The Kier molecular flexibility index (Phi) is 3.81. The van der Waals surface area contributed by atoms with Crippen molar-refractivity contribution in [3.8, 4) is 0 Å². The number of amides is 1. The van der Waals surface area contributed by atoms with Crippen LogP contribution in [-0.2, 0) is 0 Å². The molecule has 8 heteroatoms. The first-order valence-electron chi connectivity index (χ1n) is 7.76. The lowest BCUT2D eigenvalue weighted by Gasteiger charge is -2.35. The molecule has 2 aromatic heterocycles. The summed E-state index contributed by atoms with van der Waals surface area (Å²) in [7, 11) is 0. The van der Waals surface area contributed by atoms with Gasteiger partial charge in [0.05, 0.1) is 29.2 Å². The average molecular weight is 340 g/mol. The maximum atomic E-state index is 12.8. The number of fused-ring (bicyclic) bond motifs is 1. The monoisotopic (exact) mass is 340 g/mol. The van der Waals surface area contributed by atoms with Crippen LogP contribution in [0.2, 0.25) is 0 Å². The van der Waals surface area contributed by atoms with Crippen molar-refractivity contribution in [1.82, 2.24) is 23.6 Å². The average Bonchev–Trinajstić information content (AvgIpc) is 3.10. The zero-order valence-electron chi connectivity index (χ0n) is 13.2. The molecule has 1 amide bonds. The van der Waals surface area contributed by atoms with E-state index in [0.717, 1.165) is 41.8 Å². The van der Waals surface area contributed by atoms with Crippen molar-refractivity contribution in [2.45, 2.75) is 6.92 Å². The molecule has 0 spiro atoms. The Hall–Kier alpha value is -2.61. The predicted octanol–water partition coefficient (Wildman–Crippen LogP) is 1.75. The molecule has 0 aliphatic carbocycles. The Bertz CT molecular complexity index is 887. The molecule has 3 heterocycles. The van der Waals surface area contributed by atoms with Gasteiger partial charge in [0.15, 0.2) is 0 Å². The van der Waals surface area contributed by atoms with Crippen molar-refractivity contribution < 1.29 is 4.79 Å². The van der Waals surface area contributed by atoms with Crippen LogP contribution in [0.4, 0.5) is 5.82 Å². The number of carbonyl (C=O) groups excluding carboxylic acids is 1. The number of hydrogen-bond donors (Lipinski definition) is 0. The van der Waals surface area contributed by atoms with Gasteiger partial charge in [0, 0.05) is 32.4 Å². The van der Waals surface area contributed by atoms with E-state index in [1.165, 1.54) is 0 Å². The fourth-order valence-electron chi connectivity index (χ4n) is 2.89. The van der Waals surface area contributed by atoms with Crippen LogP contribution in [0.3, 0.4) is 0 Å². The number of anilines is 1.